The van der Waals surface area contributed by atoms with Crippen LogP contribution in [0.3, 0.4) is 0 Å². The molecule has 7 heteroatoms. The Morgan fingerprint density at radius 2 is 1.79 bits per heavy atom. The van der Waals surface area contributed by atoms with Crippen molar-refractivity contribution in [3.63, 3.8) is 0 Å². The summed E-state index contributed by atoms with van der Waals surface area (Å²) in [6.07, 6.45) is 2.30. The van der Waals surface area contributed by atoms with E-state index in [1.54, 1.807) is 42.5 Å². The number of carbonyl (C=O) groups excluding carboxylic acids is 1. The van der Waals surface area contributed by atoms with Crippen LogP contribution in [0.5, 0.6) is 11.5 Å². The summed E-state index contributed by atoms with van der Waals surface area (Å²) in [5.41, 5.74) is 2.19. The van der Waals surface area contributed by atoms with Gasteiger partial charge >= 0.3 is 0 Å². The van der Waals surface area contributed by atoms with Crippen molar-refractivity contribution in [3.8, 4) is 11.5 Å². The molecule has 2 atom stereocenters. The third-order valence-electron chi connectivity index (χ3n) is 3.96. The second-order valence-corrected chi connectivity index (χ2v) is 6.01. The van der Waals surface area contributed by atoms with E-state index in [9.17, 15) is 9.90 Å². The first-order valence-corrected chi connectivity index (χ1v) is 8.98. The largest absolute Gasteiger partial charge is 0.491 e. The average Bonchev–Trinajstić information content (AvgIpc) is 2.74. The van der Waals surface area contributed by atoms with E-state index in [4.69, 9.17) is 19.8 Å². The molecule has 4 N–H and O–H groups in total. The van der Waals surface area contributed by atoms with Gasteiger partial charge in [0, 0.05) is 6.08 Å². The van der Waals surface area contributed by atoms with Crippen LogP contribution in [0, 0.1) is 0 Å². The van der Waals surface area contributed by atoms with Crippen LogP contribution in [-0.2, 0) is 4.79 Å². The summed E-state index contributed by atoms with van der Waals surface area (Å²) in [4.78, 5) is 11.1. The zero-order chi connectivity index (χ0) is 20.2. The first kappa shape index (κ1) is 21.4. The zero-order valence-electron chi connectivity index (χ0n) is 15.4. The predicted molar refractivity (Wildman–Crippen MR) is 103 cm³/mol. The van der Waals surface area contributed by atoms with Crippen LogP contribution in [0.25, 0.3) is 0 Å². The Balaban J connectivity index is 2.07. The van der Waals surface area contributed by atoms with Crippen molar-refractivity contribution >= 4 is 5.91 Å². The summed E-state index contributed by atoms with van der Waals surface area (Å²) in [5.74, 6) is 0.620. The van der Waals surface area contributed by atoms with E-state index >= 15 is 0 Å². The fourth-order valence-corrected chi connectivity index (χ4v) is 2.58. The molecular weight excluding hydrogens is 362 g/mol. The number of hydroxylamine groups is 1. The Bertz CT molecular complexity index is 732. The van der Waals surface area contributed by atoms with Crippen molar-refractivity contribution in [2.45, 2.75) is 25.0 Å². The number of ether oxygens (including phenoxy) is 2. The van der Waals surface area contributed by atoms with Gasteiger partial charge in [0.15, 0.2) is 0 Å². The molecule has 150 valence electrons. The zero-order valence-corrected chi connectivity index (χ0v) is 15.4. The predicted octanol–water partition coefficient (Wildman–Crippen LogP) is 2.38. The molecule has 0 spiro atoms. The van der Waals surface area contributed by atoms with Crippen LogP contribution < -0.4 is 15.0 Å². The lowest BCUT2D eigenvalue weighted by molar-refractivity contribution is -0.124. The molecule has 2 rings (SSSR count). The minimum atomic E-state index is -0.896. The van der Waals surface area contributed by atoms with Gasteiger partial charge in [0.2, 0.25) is 0 Å². The van der Waals surface area contributed by atoms with Gasteiger partial charge in [-0.05, 0) is 42.7 Å². The maximum atomic E-state index is 11.1. The minimum Gasteiger partial charge on any atom is -0.491 e. The van der Waals surface area contributed by atoms with E-state index in [1.165, 1.54) is 11.6 Å². The summed E-state index contributed by atoms with van der Waals surface area (Å²) < 4.78 is 11.3. The van der Waals surface area contributed by atoms with Crippen molar-refractivity contribution in [1.82, 2.24) is 5.48 Å². The number of hydrogen-bond donors (Lipinski definition) is 4. The standard InChI is InChI=1S/C21H25NO6/c23-14-15-27-17-12-10-16(11-13-17)21(25)19(8-4-5-9-20(24)22-26)28-18-6-2-1-3-7-18/h1-3,5-7,9-13,19,21,23,25-26H,4,8,14-15H2,(H,22,24)/b9-5+/t19-,21-/m1/s1. The van der Waals surface area contributed by atoms with Crippen molar-refractivity contribution in [2.24, 2.45) is 0 Å². The monoisotopic (exact) mass is 387 g/mol. The van der Waals surface area contributed by atoms with Gasteiger partial charge in [0.1, 0.15) is 30.3 Å². The SMILES string of the molecule is O=C(/C=C/CC[C@@H](Oc1ccccc1)[C@H](O)c1ccc(OCCO)cc1)NO. The Morgan fingerprint density at radius 3 is 2.43 bits per heavy atom. The summed E-state index contributed by atoms with van der Waals surface area (Å²) in [7, 11) is 0. The molecule has 0 saturated carbocycles. The highest BCUT2D eigenvalue weighted by atomic mass is 16.5. The van der Waals surface area contributed by atoms with Crippen LogP contribution in [0.1, 0.15) is 24.5 Å². The van der Waals surface area contributed by atoms with E-state index in [1.807, 2.05) is 18.2 Å². The molecule has 0 unspecified atom stereocenters. The smallest absolute Gasteiger partial charge is 0.267 e. The number of rotatable bonds is 11. The van der Waals surface area contributed by atoms with E-state index in [0.717, 1.165) is 0 Å². The molecular formula is C21H25NO6. The van der Waals surface area contributed by atoms with Crippen LogP contribution >= 0.6 is 0 Å². The first-order chi connectivity index (χ1) is 13.6. The molecule has 0 bridgehead atoms. The number of aliphatic hydroxyl groups is 2. The van der Waals surface area contributed by atoms with Crippen LogP contribution in [0.2, 0.25) is 0 Å². The quantitative estimate of drug-likeness (QED) is 0.268. The van der Waals surface area contributed by atoms with Gasteiger partial charge in [-0.25, -0.2) is 5.48 Å². The second-order valence-electron chi connectivity index (χ2n) is 6.01. The molecule has 2 aromatic rings. The van der Waals surface area contributed by atoms with Crippen LogP contribution in [0.4, 0.5) is 0 Å². The third kappa shape index (κ3) is 7.03. The number of nitrogens with one attached hydrogen (secondary N) is 1. The Kier molecular flexibility index (Phi) is 9.00. The number of hydrogen-bond acceptors (Lipinski definition) is 6. The molecule has 0 fully saturated rings. The van der Waals surface area contributed by atoms with E-state index < -0.39 is 18.1 Å². The van der Waals surface area contributed by atoms with E-state index in [2.05, 4.69) is 0 Å². The summed E-state index contributed by atoms with van der Waals surface area (Å²) in [6.45, 7) is 0.134. The number of aliphatic hydroxyl groups excluding tert-OH is 2. The maximum absolute atomic E-state index is 11.1. The van der Waals surface area contributed by atoms with Crippen molar-refractivity contribution in [2.75, 3.05) is 13.2 Å². The molecule has 0 saturated heterocycles. The number of benzene rings is 2. The Hall–Kier alpha value is -2.87. The molecule has 2 aromatic carbocycles. The molecule has 0 radical (unpaired) electrons. The van der Waals surface area contributed by atoms with E-state index in [-0.39, 0.29) is 13.2 Å². The summed E-state index contributed by atoms with van der Waals surface area (Å²) >= 11 is 0. The second kappa shape index (κ2) is 11.8. The van der Waals surface area contributed by atoms with Crippen molar-refractivity contribution in [1.29, 1.82) is 0 Å². The topological polar surface area (TPSA) is 108 Å². The third-order valence-corrected chi connectivity index (χ3v) is 3.96. The highest BCUT2D eigenvalue weighted by Gasteiger charge is 2.22. The van der Waals surface area contributed by atoms with Gasteiger partial charge in [-0.3, -0.25) is 10.0 Å². The lowest BCUT2D eigenvalue weighted by atomic mass is 10.00. The molecule has 0 aliphatic rings. The van der Waals surface area contributed by atoms with Crippen molar-refractivity contribution in [3.05, 3.63) is 72.3 Å². The van der Waals surface area contributed by atoms with Crippen LogP contribution in [0.15, 0.2) is 66.7 Å². The van der Waals surface area contributed by atoms with Gasteiger partial charge < -0.3 is 19.7 Å². The number of amides is 1. The summed E-state index contributed by atoms with van der Waals surface area (Å²) in [6, 6.07) is 16.1. The fraction of sp³-hybridized carbons (Fsp3) is 0.286. The molecule has 0 aliphatic carbocycles. The highest BCUT2D eigenvalue weighted by Crippen LogP contribution is 2.26. The van der Waals surface area contributed by atoms with E-state index in [0.29, 0.717) is 29.9 Å². The molecule has 0 aromatic heterocycles. The fourth-order valence-electron chi connectivity index (χ4n) is 2.58. The Morgan fingerprint density at radius 1 is 1.07 bits per heavy atom. The van der Waals surface area contributed by atoms with Gasteiger partial charge in [-0.15, -0.1) is 0 Å². The Labute approximate surface area is 163 Å². The lowest BCUT2D eigenvalue weighted by Gasteiger charge is -2.24. The molecule has 0 heterocycles. The van der Waals surface area contributed by atoms with Gasteiger partial charge in [0.25, 0.3) is 5.91 Å². The molecule has 28 heavy (non-hydrogen) atoms. The van der Waals surface area contributed by atoms with Gasteiger partial charge in [0.05, 0.1) is 6.61 Å². The van der Waals surface area contributed by atoms with Crippen molar-refractivity contribution < 1.29 is 29.7 Å². The van der Waals surface area contributed by atoms with Gasteiger partial charge in [-0.1, -0.05) is 36.4 Å². The first-order valence-electron chi connectivity index (χ1n) is 8.98. The van der Waals surface area contributed by atoms with Crippen LogP contribution in [-0.4, -0.2) is 40.6 Å². The molecule has 1 amide bonds. The number of allylic oxidation sites excluding steroid dienone is 1. The maximum Gasteiger partial charge on any atom is 0.267 e. The number of para-hydroxylation sites is 1. The number of carbonyl (C=O) groups is 1. The normalized spacial score (nSPS) is 13.1. The average molecular weight is 387 g/mol. The molecule has 7 nitrogen and oxygen atoms in total. The highest BCUT2D eigenvalue weighted by molar-refractivity contribution is 5.86. The molecule has 0 aliphatic heterocycles. The lowest BCUT2D eigenvalue weighted by Crippen LogP contribution is -2.25. The minimum absolute atomic E-state index is 0.0702. The summed E-state index contributed by atoms with van der Waals surface area (Å²) in [5, 5.41) is 28.1. The van der Waals surface area contributed by atoms with Gasteiger partial charge in [-0.2, -0.15) is 0 Å².